The number of unbranched alkanes of at least 4 members (excludes halogenated alkanes) is 3. The van der Waals surface area contributed by atoms with E-state index in [9.17, 15) is 10.0 Å². The van der Waals surface area contributed by atoms with Gasteiger partial charge in [0.15, 0.2) is 0 Å². The fourth-order valence-corrected chi connectivity index (χ4v) is 1.70. The molecule has 0 aromatic heterocycles. The predicted octanol–water partition coefficient (Wildman–Crippen LogP) is 1.33. The number of hydrogen-bond acceptors (Lipinski definition) is 4. The van der Waals surface area contributed by atoms with Crippen molar-refractivity contribution in [2.45, 2.75) is 32.6 Å². The van der Waals surface area contributed by atoms with Crippen LogP contribution in [0.3, 0.4) is 0 Å². The summed E-state index contributed by atoms with van der Waals surface area (Å²) in [5.74, 6) is 1.08. The van der Waals surface area contributed by atoms with Crippen molar-refractivity contribution in [3.63, 3.8) is 0 Å². The highest BCUT2D eigenvalue weighted by Gasteiger charge is 2.18. The average molecular weight is 252 g/mol. The number of methoxy groups -OCH3 is 1. The molecule has 100 valence electrons. The van der Waals surface area contributed by atoms with Crippen molar-refractivity contribution in [3.8, 4) is 11.5 Å². The second-order valence-electron chi connectivity index (χ2n) is 4.19. The molecule has 0 aliphatic carbocycles. The lowest BCUT2D eigenvalue weighted by atomic mass is 9.79. The Bertz CT molecular complexity index is 355. The topological polar surface area (TPSA) is 58.9 Å². The predicted molar refractivity (Wildman–Crippen MR) is 72.5 cm³/mol. The highest BCUT2D eigenvalue weighted by molar-refractivity contribution is 6.59. The van der Waals surface area contributed by atoms with Gasteiger partial charge in [0.1, 0.15) is 11.5 Å². The molecular weight excluding hydrogens is 231 g/mol. The summed E-state index contributed by atoms with van der Waals surface area (Å²) in [6.07, 6.45) is 4.48. The SMILES string of the molecule is CCCCCCOc1ccc(OC)cc1B(O)O. The van der Waals surface area contributed by atoms with Crippen molar-refractivity contribution in [1.82, 2.24) is 0 Å². The Kier molecular flexibility index (Phi) is 6.61. The Hall–Kier alpha value is -1.20. The molecule has 18 heavy (non-hydrogen) atoms. The first-order chi connectivity index (χ1) is 8.69. The lowest BCUT2D eigenvalue weighted by Gasteiger charge is -2.12. The van der Waals surface area contributed by atoms with Gasteiger partial charge < -0.3 is 19.5 Å². The standard InChI is InChI=1S/C13H21BO4/c1-3-4-5-6-9-18-13-8-7-11(17-2)10-12(13)14(15)16/h7-8,10,15-16H,3-6,9H2,1-2H3. The Labute approximate surface area is 109 Å². The molecule has 4 nitrogen and oxygen atoms in total. The Balaban J connectivity index is 2.58. The Morgan fingerprint density at radius 1 is 1.17 bits per heavy atom. The van der Waals surface area contributed by atoms with E-state index in [1.165, 1.54) is 20.0 Å². The maximum Gasteiger partial charge on any atom is 0.492 e. The Morgan fingerprint density at radius 2 is 1.94 bits per heavy atom. The van der Waals surface area contributed by atoms with Crippen molar-refractivity contribution in [1.29, 1.82) is 0 Å². The van der Waals surface area contributed by atoms with Gasteiger partial charge in [0.2, 0.25) is 0 Å². The largest absolute Gasteiger partial charge is 0.497 e. The molecule has 0 radical (unpaired) electrons. The molecule has 1 aromatic rings. The van der Waals surface area contributed by atoms with Crippen molar-refractivity contribution >= 4 is 12.6 Å². The van der Waals surface area contributed by atoms with Crippen LogP contribution < -0.4 is 14.9 Å². The molecule has 0 heterocycles. The third kappa shape index (κ3) is 4.59. The normalized spacial score (nSPS) is 10.2. The number of ether oxygens (including phenoxy) is 2. The molecule has 0 bridgehead atoms. The van der Waals surface area contributed by atoms with Gasteiger partial charge in [-0.2, -0.15) is 0 Å². The van der Waals surface area contributed by atoms with Crippen LogP contribution in [0.4, 0.5) is 0 Å². The first kappa shape index (κ1) is 14.9. The molecular formula is C13H21BO4. The molecule has 0 unspecified atom stereocenters. The first-order valence-corrected chi connectivity index (χ1v) is 6.36. The molecule has 1 rings (SSSR count). The number of rotatable bonds is 8. The highest BCUT2D eigenvalue weighted by Crippen LogP contribution is 2.16. The van der Waals surface area contributed by atoms with Gasteiger partial charge in [-0.25, -0.2) is 0 Å². The summed E-state index contributed by atoms with van der Waals surface area (Å²) in [6.45, 7) is 2.75. The average Bonchev–Trinajstić information content (AvgIpc) is 2.38. The van der Waals surface area contributed by atoms with Crippen molar-refractivity contribution < 1.29 is 19.5 Å². The molecule has 5 heteroatoms. The molecule has 0 saturated heterocycles. The van der Waals surface area contributed by atoms with E-state index in [0.717, 1.165) is 12.8 Å². The van der Waals surface area contributed by atoms with Crippen LogP contribution in [-0.2, 0) is 0 Å². The zero-order valence-corrected chi connectivity index (χ0v) is 11.1. The van der Waals surface area contributed by atoms with E-state index in [4.69, 9.17) is 9.47 Å². The molecule has 0 aliphatic rings. The van der Waals surface area contributed by atoms with Gasteiger partial charge in [-0.05, 0) is 24.6 Å². The van der Waals surface area contributed by atoms with Crippen LogP contribution in [0.5, 0.6) is 11.5 Å². The zero-order chi connectivity index (χ0) is 13.4. The van der Waals surface area contributed by atoms with E-state index < -0.39 is 7.12 Å². The molecule has 0 atom stereocenters. The van der Waals surface area contributed by atoms with E-state index in [2.05, 4.69) is 6.92 Å². The molecule has 0 amide bonds. The monoisotopic (exact) mass is 252 g/mol. The highest BCUT2D eigenvalue weighted by atomic mass is 16.5. The summed E-state index contributed by atoms with van der Waals surface area (Å²) < 4.78 is 10.6. The minimum atomic E-state index is -1.55. The van der Waals surface area contributed by atoms with Gasteiger partial charge in [0.05, 0.1) is 13.7 Å². The van der Waals surface area contributed by atoms with Crippen LogP contribution in [0.25, 0.3) is 0 Å². The summed E-state index contributed by atoms with van der Waals surface area (Å²) in [7, 11) is -0.0144. The number of benzene rings is 1. The summed E-state index contributed by atoms with van der Waals surface area (Å²) >= 11 is 0. The molecule has 0 saturated carbocycles. The van der Waals surface area contributed by atoms with Crippen LogP contribution >= 0.6 is 0 Å². The van der Waals surface area contributed by atoms with Crippen molar-refractivity contribution in [3.05, 3.63) is 18.2 Å². The minimum absolute atomic E-state index is 0.338. The van der Waals surface area contributed by atoms with Crippen LogP contribution in [0, 0.1) is 0 Å². The molecule has 0 aliphatic heterocycles. The van der Waals surface area contributed by atoms with E-state index in [0.29, 0.717) is 23.6 Å². The van der Waals surface area contributed by atoms with Gasteiger partial charge in [-0.15, -0.1) is 0 Å². The lowest BCUT2D eigenvalue weighted by molar-refractivity contribution is 0.305. The summed E-state index contributed by atoms with van der Waals surface area (Å²) in [6, 6.07) is 5.02. The molecule has 2 N–H and O–H groups in total. The van der Waals surface area contributed by atoms with E-state index in [-0.39, 0.29) is 0 Å². The van der Waals surface area contributed by atoms with Crippen LogP contribution in [0.1, 0.15) is 32.6 Å². The summed E-state index contributed by atoms with van der Waals surface area (Å²) in [4.78, 5) is 0. The Morgan fingerprint density at radius 3 is 2.56 bits per heavy atom. The summed E-state index contributed by atoms with van der Waals surface area (Å²) in [5.41, 5.74) is 0.338. The van der Waals surface area contributed by atoms with E-state index in [1.54, 1.807) is 18.2 Å². The van der Waals surface area contributed by atoms with Crippen molar-refractivity contribution in [2.75, 3.05) is 13.7 Å². The quantitative estimate of drug-likeness (QED) is 0.541. The second kappa shape index (κ2) is 8.00. The fraction of sp³-hybridized carbons (Fsp3) is 0.538. The third-order valence-electron chi connectivity index (χ3n) is 2.75. The molecule has 0 spiro atoms. The first-order valence-electron chi connectivity index (χ1n) is 6.36. The molecule has 1 aromatic carbocycles. The van der Waals surface area contributed by atoms with Gasteiger partial charge in [-0.1, -0.05) is 26.2 Å². The summed E-state index contributed by atoms with van der Waals surface area (Å²) in [5, 5.41) is 18.6. The van der Waals surface area contributed by atoms with Crippen LogP contribution in [0.2, 0.25) is 0 Å². The lowest BCUT2D eigenvalue weighted by Crippen LogP contribution is -2.31. The van der Waals surface area contributed by atoms with Gasteiger partial charge in [-0.3, -0.25) is 0 Å². The van der Waals surface area contributed by atoms with Gasteiger partial charge in [0, 0.05) is 5.46 Å². The van der Waals surface area contributed by atoms with Gasteiger partial charge in [0.25, 0.3) is 0 Å². The maximum atomic E-state index is 9.29. The van der Waals surface area contributed by atoms with Crippen molar-refractivity contribution in [2.24, 2.45) is 0 Å². The molecule has 0 fully saturated rings. The van der Waals surface area contributed by atoms with Crippen LogP contribution in [-0.4, -0.2) is 30.9 Å². The van der Waals surface area contributed by atoms with Gasteiger partial charge >= 0.3 is 7.12 Å². The third-order valence-corrected chi connectivity index (χ3v) is 2.75. The van der Waals surface area contributed by atoms with E-state index in [1.807, 2.05) is 0 Å². The van der Waals surface area contributed by atoms with E-state index >= 15 is 0 Å². The maximum absolute atomic E-state index is 9.29. The smallest absolute Gasteiger partial charge is 0.492 e. The minimum Gasteiger partial charge on any atom is -0.497 e. The fourth-order valence-electron chi connectivity index (χ4n) is 1.70. The van der Waals surface area contributed by atoms with Crippen LogP contribution in [0.15, 0.2) is 18.2 Å². The zero-order valence-electron chi connectivity index (χ0n) is 11.1. The second-order valence-corrected chi connectivity index (χ2v) is 4.19. The number of hydrogen-bond donors (Lipinski definition) is 2.